The van der Waals surface area contributed by atoms with Crippen molar-refractivity contribution in [3.05, 3.63) is 0 Å². The molecule has 15 heavy (non-hydrogen) atoms. The van der Waals surface area contributed by atoms with E-state index in [2.05, 4.69) is 19.2 Å². The minimum Gasteiger partial charge on any atom is -0.379 e. The monoisotopic (exact) mass is 215 g/mol. The molecule has 0 aromatic carbocycles. The van der Waals surface area contributed by atoms with E-state index in [1.54, 1.807) is 0 Å². The van der Waals surface area contributed by atoms with Gasteiger partial charge in [0.2, 0.25) is 0 Å². The summed E-state index contributed by atoms with van der Waals surface area (Å²) in [6.45, 7) is 8.97. The molecule has 3 nitrogen and oxygen atoms in total. The molecule has 1 N–H and O–H groups in total. The second-order valence-corrected chi connectivity index (χ2v) is 4.35. The Morgan fingerprint density at radius 1 is 1.27 bits per heavy atom. The average molecular weight is 215 g/mol. The molecule has 0 spiro atoms. The Labute approximate surface area is 93.5 Å². The quantitative estimate of drug-likeness (QED) is 0.657. The van der Waals surface area contributed by atoms with Crippen LogP contribution < -0.4 is 5.32 Å². The summed E-state index contributed by atoms with van der Waals surface area (Å²) in [4.78, 5) is 0. The lowest BCUT2D eigenvalue weighted by molar-refractivity contribution is -0.0293. The molecule has 1 rings (SSSR count). The number of hydrogen-bond donors (Lipinski definition) is 1. The summed E-state index contributed by atoms with van der Waals surface area (Å²) >= 11 is 0. The van der Waals surface area contributed by atoms with Crippen molar-refractivity contribution in [2.24, 2.45) is 5.92 Å². The minimum atomic E-state index is 0.432. The Hall–Kier alpha value is -0.120. The van der Waals surface area contributed by atoms with Gasteiger partial charge in [0.1, 0.15) is 0 Å². The number of unbranched alkanes of at least 4 members (excludes halogenated alkanes) is 1. The van der Waals surface area contributed by atoms with E-state index in [4.69, 9.17) is 9.47 Å². The van der Waals surface area contributed by atoms with Gasteiger partial charge in [-0.3, -0.25) is 0 Å². The van der Waals surface area contributed by atoms with E-state index < -0.39 is 0 Å². The highest BCUT2D eigenvalue weighted by Gasteiger charge is 2.20. The second kappa shape index (κ2) is 8.08. The van der Waals surface area contributed by atoms with Crippen molar-refractivity contribution in [1.82, 2.24) is 5.32 Å². The topological polar surface area (TPSA) is 30.5 Å². The molecule has 0 aromatic rings. The highest BCUT2D eigenvalue weighted by Crippen LogP contribution is 2.13. The standard InChI is InChI=1S/C12H25NO2/c1-3-4-7-14-8-9-15-12-5-6-13-10-11(12)2/h11-13H,3-10H2,1-2H3. The first kappa shape index (κ1) is 12.9. The van der Waals surface area contributed by atoms with Gasteiger partial charge in [0.05, 0.1) is 19.3 Å². The molecule has 0 aliphatic carbocycles. The first-order chi connectivity index (χ1) is 7.34. The van der Waals surface area contributed by atoms with Crippen molar-refractivity contribution in [2.45, 2.75) is 39.2 Å². The summed E-state index contributed by atoms with van der Waals surface area (Å²) < 4.78 is 11.3. The molecule has 0 bridgehead atoms. The molecule has 0 radical (unpaired) electrons. The van der Waals surface area contributed by atoms with Crippen LogP contribution in [0.1, 0.15) is 33.1 Å². The van der Waals surface area contributed by atoms with Crippen molar-refractivity contribution < 1.29 is 9.47 Å². The van der Waals surface area contributed by atoms with Crippen LogP contribution in [0.15, 0.2) is 0 Å². The van der Waals surface area contributed by atoms with Crippen LogP contribution in [-0.4, -0.2) is 39.0 Å². The third-order valence-corrected chi connectivity index (χ3v) is 2.91. The zero-order valence-electron chi connectivity index (χ0n) is 10.1. The lowest BCUT2D eigenvalue weighted by Crippen LogP contribution is -2.40. The molecule has 1 heterocycles. The zero-order valence-corrected chi connectivity index (χ0v) is 10.1. The van der Waals surface area contributed by atoms with Gasteiger partial charge < -0.3 is 14.8 Å². The van der Waals surface area contributed by atoms with Crippen molar-refractivity contribution in [3.8, 4) is 0 Å². The Bertz CT molecular complexity index is 153. The predicted molar refractivity (Wildman–Crippen MR) is 62.1 cm³/mol. The van der Waals surface area contributed by atoms with Gasteiger partial charge in [-0.1, -0.05) is 20.3 Å². The van der Waals surface area contributed by atoms with Crippen LogP contribution in [0.3, 0.4) is 0 Å². The lowest BCUT2D eigenvalue weighted by atomic mass is 9.98. The van der Waals surface area contributed by atoms with Gasteiger partial charge in [-0.05, 0) is 25.3 Å². The molecule has 2 unspecified atom stereocenters. The fraction of sp³-hybridized carbons (Fsp3) is 1.00. The normalized spacial score (nSPS) is 26.8. The highest BCUT2D eigenvalue weighted by atomic mass is 16.5. The molecule has 2 atom stereocenters. The summed E-state index contributed by atoms with van der Waals surface area (Å²) in [5.41, 5.74) is 0. The fourth-order valence-corrected chi connectivity index (χ4v) is 1.84. The van der Waals surface area contributed by atoms with Crippen molar-refractivity contribution >= 4 is 0 Å². The van der Waals surface area contributed by atoms with E-state index in [-0.39, 0.29) is 0 Å². The first-order valence-electron chi connectivity index (χ1n) is 6.24. The summed E-state index contributed by atoms with van der Waals surface area (Å²) in [5, 5.41) is 3.37. The molecular formula is C12H25NO2. The van der Waals surface area contributed by atoms with E-state index >= 15 is 0 Å². The summed E-state index contributed by atoms with van der Waals surface area (Å²) in [6, 6.07) is 0. The number of ether oxygens (including phenoxy) is 2. The van der Waals surface area contributed by atoms with Gasteiger partial charge in [0.25, 0.3) is 0 Å². The fourth-order valence-electron chi connectivity index (χ4n) is 1.84. The Morgan fingerprint density at radius 3 is 2.87 bits per heavy atom. The molecule has 90 valence electrons. The lowest BCUT2D eigenvalue weighted by Gasteiger charge is -2.29. The Balaban J connectivity index is 1.94. The maximum atomic E-state index is 5.81. The van der Waals surface area contributed by atoms with Crippen LogP contribution in [0.2, 0.25) is 0 Å². The van der Waals surface area contributed by atoms with Crippen LogP contribution >= 0.6 is 0 Å². The molecule has 0 aromatic heterocycles. The smallest absolute Gasteiger partial charge is 0.0704 e. The molecule has 1 saturated heterocycles. The first-order valence-corrected chi connectivity index (χ1v) is 6.24. The SMILES string of the molecule is CCCCOCCOC1CCNCC1C. The van der Waals surface area contributed by atoms with Crippen molar-refractivity contribution in [1.29, 1.82) is 0 Å². The highest BCUT2D eigenvalue weighted by molar-refractivity contribution is 4.75. The third-order valence-electron chi connectivity index (χ3n) is 2.91. The van der Waals surface area contributed by atoms with E-state index in [1.165, 1.54) is 6.42 Å². The molecule has 0 amide bonds. The van der Waals surface area contributed by atoms with Gasteiger partial charge in [0, 0.05) is 13.2 Å². The maximum Gasteiger partial charge on any atom is 0.0704 e. The summed E-state index contributed by atoms with van der Waals surface area (Å²) in [7, 11) is 0. The maximum absolute atomic E-state index is 5.81. The van der Waals surface area contributed by atoms with Gasteiger partial charge in [-0.25, -0.2) is 0 Å². The van der Waals surface area contributed by atoms with Crippen molar-refractivity contribution in [2.75, 3.05) is 32.9 Å². The predicted octanol–water partition coefficient (Wildman–Crippen LogP) is 1.82. The number of hydrogen-bond acceptors (Lipinski definition) is 3. The number of rotatable bonds is 7. The Morgan fingerprint density at radius 2 is 2.13 bits per heavy atom. The van der Waals surface area contributed by atoms with Gasteiger partial charge in [-0.15, -0.1) is 0 Å². The van der Waals surface area contributed by atoms with E-state index in [0.717, 1.165) is 45.8 Å². The molecule has 1 aliphatic heterocycles. The van der Waals surface area contributed by atoms with Crippen LogP contribution in [0.25, 0.3) is 0 Å². The van der Waals surface area contributed by atoms with Gasteiger partial charge in [-0.2, -0.15) is 0 Å². The largest absolute Gasteiger partial charge is 0.379 e. The van der Waals surface area contributed by atoms with Crippen LogP contribution in [0, 0.1) is 5.92 Å². The molecule has 1 fully saturated rings. The average Bonchev–Trinajstić information content (AvgIpc) is 2.25. The second-order valence-electron chi connectivity index (χ2n) is 4.35. The molecule has 0 saturated carbocycles. The van der Waals surface area contributed by atoms with Crippen molar-refractivity contribution in [3.63, 3.8) is 0 Å². The van der Waals surface area contributed by atoms with Gasteiger partial charge in [0.15, 0.2) is 0 Å². The van der Waals surface area contributed by atoms with E-state index in [1.807, 2.05) is 0 Å². The van der Waals surface area contributed by atoms with Gasteiger partial charge >= 0.3 is 0 Å². The van der Waals surface area contributed by atoms with E-state index in [9.17, 15) is 0 Å². The summed E-state index contributed by atoms with van der Waals surface area (Å²) in [6.07, 6.45) is 3.92. The van der Waals surface area contributed by atoms with Crippen LogP contribution in [0.5, 0.6) is 0 Å². The summed E-state index contributed by atoms with van der Waals surface area (Å²) in [5.74, 6) is 0.634. The minimum absolute atomic E-state index is 0.432. The Kier molecular flexibility index (Phi) is 6.98. The van der Waals surface area contributed by atoms with Crippen LogP contribution in [-0.2, 0) is 9.47 Å². The number of piperidine rings is 1. The van der Waals surface area contributed by atoms with Crippen LogP contribution in [0.4, 0.5) is 0 Å². The molecule has 3 heteroatoms. The zero-order chi connectivity index (χ0) is 10.9. The third kappa shape index (κ3) is 5.50. The molecule has 1 aliphatic rings. The number of nitrogens with one attached hydrogen (secondary N) is 1. The van der Waals surface area contributed by atoms with E-state index in [0.29, 0.717) is 12.0 Å². The molecular weight excluding hydrogens is 190 g/mol.